The van der Waals surface area contributed by atoms with Crippen LogP contribution in [-0.2, 0) is 11.3 Å². The zero-order valence-electron chi connectivity index (χ0n) is 14.1. The maximum absolute atomic E-state index is 11.4. The Labute approximate surface area is 159 Å². The monoisotopic (exact) mass is 387 g/mol. The summed E-state index contributed by atoms with van der Waals surface area (Å²) >= 11 is 0. The molecule has 0 saturated heterocycles. The average Bonchev–Trinajstić information content (AvgIpc) is 2.56. The number of pyridine rings is 1. The lowest BCUT2D eigenvalue weighted by molar-refractivity contribution is -0.122. The van der Waals surface area contributed by atoms with Gasteiger partial charge in [-0.15, -0.1) is 24.8 Å². The van der Waals surface area contributed by atoms with Crippen molar-refractivity contribution in [3.8, 4) is 17.4 Å². The highest BCUT2D eigenvalue weighted by molar-refractivity contribution is 5.85. The number of aromatic nitrogens is 1. The molecule has 6 nitrogen and oxygen atoms in total. The van der Waals surface area contributed by atoms with Crippen LogP contribution >= 0.6 is 24.8 Å². The summed E-state index contributed by atoms with van der Waals surface area (Å²) in [5.41, 5.74) is 6.35. The lowest BCUT2D eigenvalue weighted by Crippen LogP contribution is -2.37. The normalized spacial score (nSPS) is 10.7. The quantitative estimate of drug-likeness (QED) is 0.761. The van der Waals surface area contributed by atoms with Gasteiger partial charge in [0.25, 0.3) is 0 Å². The zero-order chi connectivity index (χ0) is 16.7. The van der Waals surface area contributed by atoms with Gasteiger partial charge in [-0.3, -0.25) is 4.79 Å². The molecule has 0 aliphatic carbocycles. The standard InChI is InChI=1S/C17H21N3O3.2ClH/c1-3-22-14-6-4-5-7-15(14)23-16-9-8-13(10-19-16)11-20-17(21)12(2)18;;/h4-10,12H,3,11,18H2,1-2H3,(H,20,21);2*1H/t12-;;/m1../s1. The summed E-state index contributed by atoms with van der Waals surface area (Å²) in [6.07, 6.45) is 1.65. The molecule has 1 aromatic carbocycles. The Morgan fingerprint density at radius 3 is 2.44 bits per heavy atom. The lowest BCUT2D eigenvalue weighted by Gasteiger charge is -2.11. The van der Waals surface area contributed by atoms with Crippen molar-refractivity contribution in [1.29, 1.82) is 0 Å². The molecule has 0 fully saturated rings. The van der Waals surface area contributed by atoms with Gasteiger partial charge in [0.1, 0.15) is 0 Å². The first kappa shape index (κ1) is 23.0. The van der Waals surface area contributed by atoms with Gasteiger partial charge in [-0.25, -0.2) is 4.98 Å². The van der Waals surface area contributed by atoms with Crippen molar-refractivity contribution < 1.29 is 14.3 Å². The first-order chi connectivity index (χ1) is 11.1. The first-order valence-electron chi connectivity index (χ1n) is 7.48. The number of hydrogen-bond acceptors (Lipinski definition) is 5. The van der Waals surface area contributed by atoms with Crippen molar-refractivity contribution in [2.24, 2.45) is 5.73 Å². The van der Waals surface area contributed by atoms with Crippen LogP contribution in [0.3, 0.4) is 0 Å². The second-order valence-corrected chi connectivity index (χ2v) is 4.99. The number of ether oxygens (including phenoxy) is 2. The second kappa shape index (κ2) is 11.5. The summed E-state index contributed by atoms with van der Waals surface area (Å²) in [5, 5.41) is 2.73. The minimum absolute atomic E-state index is 0. The Bertz CT molecular complexity index is 652. The molecule has 0 aliphatic heterocycles. The maximum atomic E-state index is 11.4. The molecule has 2 rings (SSSR count). The number of rotatable bonds is 7. The average molecular weight is 388 g/mol. The van der Waals surface area contributed by atoms with Crippen LogP contribution < -0.4 is 20.5 Å². The maximum Gasteiger partial charge on any atom is 0.236 e. The number of nitrogens with two attached hydrogens (primary N) is 1. The van der Waals surface area contributed by atoms with Crippen molar-refractivity contribution in [3.05, 3.63) is 48.2 Å². The van der Waals surface area contributed by atoms with Crippen LogP contribution in [0, 0.1) is 0 Å². The van der Waals surface area contributed by atoms with E-state index in [4.69, 9.17) is 15.2 Å². The highest BCUT2D eigenvalue weighted by Gasteiger charge is 2.08. The number of amides is 1. The number of benzene rings is 1. The number of carbonyl (C=O) groups excluding carboxylic acids is 1. The van der Waals surface area contributed by atoms with Crippen LogP contribution in [0.2, 0.25) is 0 Å². The Morgan fingerprint density at radius 1 is 1.20 bits per heavy atom. The largest absolute Gasteiger partial charge is 0.490 e. The predicted molar refractivity (Wildman–Crippen MR) is 102 cm³/mol. The van der Waals surface area contributed by atoms with E-state index in [1.165, 1.54) is 0 Å². The van der Waals surface area contributed by atoms with Gasteiger partial charge >= 0.3 is 0 Å². The third-order valence-electron chi connectivity index (χ3n) is 3.04. The highest BCUT2D eigenvalue weighted by atomic mass is 35.5. The Balaban J connectivity index is 0.00000288. The molecular formula is C17H23Cl2N3O3. The molecule has 138 valence electrons. The van der Waals surface area contributed by atoms with Crippen LogP contribution in [-0.4, -0.2) is 23.5 Å². The van der Waals surface area contributed by atoms with E-state index in [1.54, 1.807) is 19.2 Å². The van der Waals surface area contributed by atoms with Gasteiger partial charge in [0.05, 0.1) is 12.6 Å². The summed E-state index contributed by atoms with van der Waals surface area (Å²) in [4.78, 5) is 15.7. The van der Waals surface area contributed by atoms with Crippen molar-refractivity contribution in [2.75, 3.05) is 6.61 Å². The van der Waals surface area contributed by atoms with Crippen molar-refractivity contribution in [1.82, 2.24) is 10.3 Å². The number of nitrogens with zero attached hydrogens (tertiary/aromatic N) is 1. The molecule has 0 saturated carbocycles. The fourth-order valence-electron chi connectivity index (χ4n) is 1.85. The van der Waals surface area contributed by atoms with E-state index in [0.717, 1.165) is 5.56 Å². The van der Waals surface area contributed by atoms with E-state index in [0.29, 0.717) is 30.5 Å². The van der Waals surface area contributed by atoms with Crippen LogP contribution in [0.25, 0.3) is 0 Å². The number of nitrogens with one attached hydrogen (secondary N) is 1. The summed E-state index contributed by atoms with van der Waals surface area (Å²) < 4.78 is 11.2. The van der Waals surface area contributed by atoms with Crippen LogP contribution in [0.15, 0.2) is 42.6 Å². The van der Waals surface area contributed by atoms with Crippen molar-refractivity contribution >= 4 is 30.7 Å². The van der Waals surface area contributed by atoms with E-state index in [-0.39, 0.29) is 30.7 Å². The fourth-order valence-corrected chi connectivity index (χ4v) is 1.85. The Hall–Kier alpha value is -2.02. The summed E-state index contributed by atoms with van der Waals surface area (Å²) in [5.74, 6) is 1.54. The molecule has 0 aliphatic rings. The van der Waals surface area contributed by atoms with Gasteiger partial charge in [-0.1, -0.05) is 18.2 Å². The van der Waals surface area contributed by atoms with Crippen LogP contribution in [0.4, 0.5) is 0 Å². The smallest absolute Gasteiger partial charge is 0.236 e. The zero-order valence-corrected chi connectivity index (χ0v) is 15.7. The van der Waals surface area contributed by atoms with Gasteiger partial charge in [0.15, 0.2) is 11.5 Å². The second-order valence-electron chi connectivity index (χ2n) is 4.99. The predicted octanol–water partition coefficient (Wildman–Crippen LogP) is 3.08. The van der Waals surface area contributed by atoms with Gasteiger partial charge in [-0.2, -0.15) is 0 Å². The third-order valence-corrected chi connectivity index (χ3v) is 3.04. The third kappa shape index (κ3) is 7.17. The minimum Gasteiger partial charge on any atom is -0.490 e. The molecule has 0 radical (unpaired) electrons. The number of para-hydroxylation sites is 2. The van der Waals surface area contributed by atoms with E-state index in [1.807, 2.05) is 37.3 Å². The SMILES string of the molecule is CCOc1ccccc1Oc1ccc(CNC(=O)[C@@H](C)N)cn1.Cl.Cl. The summed E-state index contributed by atoms with van der Waals surface area (Å²) in [7, 11) is 0. The first-order valence-corrected chi connectivity index (χ1v) is 7.48. The molecule has 0 spiro atoms. The molecule has 2 aromatic rings. The molecule has 8 heteroatoms. The Kier molecular flexibility index (Phi) is 10.6. The molecule has 1 amide bonds. The van der Waals surface area contributed by atoms with E-state index >= 15 is 0 Å². The molecule has 0 unspecified atom stereocenters. The molecule has 25 heavy (non-hydrogen) atoms. The summed E-state index contributed by atoms with van der Waals surface area (Å²) in [6.45, 7) is 4.50. The molecule has 3 N–H and O–H groups in total. The Morgan fingerprint density at radius 2 is 1.88 bits per heavy atom. The van der Waals surface area contributed by atoms with E-state index in [2.05, 4.69) is 10.3 Å². The van der Waals surface area contributed by atoms with Gasteiger partial charge in [-0.05, 0) is 31.5 Å². The van der Waals surface area contributed by atoms with E-state index < -0.39 is 6.04 Å². The molecule has 0 bridgehead atoms. The number of halogens is 2. The highest BCUT2D eigenvalue weighted by Crippen LogP contribution is 2.30. The molecule has 1 heterocycles. The topological polar surface area (TPSA) is 86.5 Å². The minimum atomic E-state index is -0.527. The van der Waals surface area contributed by atoms with Crippen LogP contribution in [0.1, 0.15) is 19.4 Å². The molecular weight excluding hydrogens is 365 g/mol. The fraction of sp³-hybridized carbons (Fsp3) is 0.294. The van der Waals surface area contributed by atoms with Crippen molar-refractivity contribution in [2.45, 2.75) is 26.4 Å². The number of carbonyl (C=O) groups is 1. The number of hydrogen-bond donors (Lipinski definition) is 2. The summed E-state index contributed by atoms with van der Waals surface area (Å²) in [6, 6.07) is 10.5. The molecule has 1 atom stereocenters. The molecule has 1 aromatic heterocycles. The van der Waals surface area contributed by atoms with Gasteiger partial charge in [0.2, 0.25) is 11.8 Å². The van der Waals surface area contributed by atoms with Gasteiger partial charge in [0, 0.05) is 18.8 Å². The van der Waals surface area contributed by atoms with Crippen LogP contribution in [0.5, 0.6) is 17.4 Å². The van der Waals surface area contributed by atoms with Crippen molar-refractivity contribution in [3.63, 3.8) is 0 Å². The van der Waals surface area contributed by atoms with E-state index in [9.17, 15) is 4.79 Å². The lowest BCUT2D eigenvalue weighted by atomic mass is 10.2. The van der Waals surface area contributed by atoms with Gasteiger partial charge < -0.3 is 20.5 Å².